The summed E-state index contributed by atoms with van der Waals surface area (Å²) in [5.74, 6) is 1.18. The Balaban J connectivity index is 2.08. The van der Waals surface area contributed by atoms with Crippen molar-refractivity contribution in [1.29, 1.82) is 0 Å². The highest BCUT2D eigenvalue weighted by atomic mass is 14.9. The van der Waals surface area contributed by atoms with E-state index in [1.54, 1.807) is 0 Å². The summed E-state index contributed by atoms with van der Waals surface area (Å²) in [7, 11) is 0. The SMILES string of the molecule is Cc1cncc(CC(CNCC(C)C)c2ccccc2)c1. The summed E-state index contributed by atoms with van der Waals surface area (Å²) in [6.07, 6.45) is 4.94. The van der Waals surface area contributed by atoms with E-state index in [1.807, 2.05) is 12.4 Å². The minimum atomic E-state index is 0.494. The van der Waals surface area contributed by atoms with Crippen molar-refractivity contribution in [1.82, 2.24) is 10.3 Å². The van der Waals surface area contributed by atoms with Crippen molar-refractivity contribution in [3.8, 4) is 0 Å². The Morgan fingerprint density at radius 2 is 1.81 bits per heavy atom. The molecule has 0 radical (unpaired) electrons. The third-order valence-corrected chi connectivity index (χ3v) is 3.63. The molecule has 0 spiro atoms. The number of nitrogens with zero attached hydrogens (tertiary/aromatic N) is 1. The van der Waals surface area contributed by atoms with Crippen LogP contribution in [-0.2, 0) is 6.42 Å². The fourth-order valence-electron chi connectivity index (χ4n) is 2.59. The molecule has 2 rings (SSSR count). The number of aryl methyl sites for hydroxylation is 1. The lowest BCUT2D eigenvalue weighted by Gasteiger charge is -2.19. The number of hydrogen-bond donors (Lipinski definition) is 1. The minimum Gasteiger partial charge on any atom is -0.316 e. The molecule has 1 unspecified atom stereocenters. The zero-order chi connectivity index (χ0) is 15.1. The van der Waals surface area contributed by atoms with Crippen LogP contribution in [0.2, 0.25) is 0 Å². The second-order valence-electron chi connectivity index (χ2n) is 6.23. The van der Waals surface area contributed by atoms with Crippen LogP contribution >= 0.6 is 0 Å². The number of pyridine rings is 1. The summed E-state index contributed by atoms with van der Waals surface area (Å²) in [5.41, 5.74) is 3.94. The molecule has 0 aliphatic heterocycles. The normalized spacial score (nSPS) is 12.6. The maximum Gasteiger partial charge on any atom is 0.0300 e. The number of benzene rings is 1. The fraction of sp³-hybridized carbons (Fsp3) is 0.421. The molecule has 1 atom stereocenters. The molecule has 1 aromatic heterocycles. The Morgan fingerprint density at radius 3 is 2.48 bits per heavy atom. The first-order chi connectivity index (χ1) is 10.1. The van der Waals surface area contributed by atoms with Gasteiger partial charge in [0.15, 0.2) is 0 Å². The molecule has 0 aliphatic carbocycles. The molecule has 1 N–H and O–H groups in total. The predicted octanol–water partition coefficient (Wildman–Crippen LogP) is 3.96. The van der Waals surface area contributed by atoms with E-state index in [0.717, 1.165) is 19.5 Å². The van der Waals surface area contributed by atoms with Gasteiger partial charge < -0.3 is 5.32 Å². The van der Waals surface area contributed by atoms with Crippen LogP contribution in [0, 0.1) is 12.8 Å². The van der Waals surface area contributed by atoms with Crippen molar-refractivity contribution in [2.75, 3.05) is 13.1 Å². The lowest BCUT2D eigenvalue weighted by molar-refractivity contribution is 0.514. The van der Waals surface area contributed by atoms with Gasteiger partial charge in [-0.25, -0.2) is 0 Å². The van der Waals surface area contributed by atoms with Crippen molar-refractivity contribution in [2.24, 2.45) is 5.92 Å². The zero-order valence-electron chi connectivity index (χ0n) is 13.3. The van der Waals surface area contributed by atoms with Crippen LogP contribution in [0.25, 0.3) is 0 Å². The summed E-state index contributed by atoms with van der Waals surface area (Å²) in [4.78, 5) is 4.32. The van der Waals surface area contributed by atoms with Gasteiger partial charge in [0.1, 0.15) is 0 Å². The van der Waals surface area contributed by atoms with Crippen molar-refractivity contribution in [2.45, 2.75) is 33.1 Å². The molecule has 2 aromatic rings. The Morgan fingerprint density at radius 1 is 1.05 bits per heavy atom. The van der Waals surface area contributed by atoms with Crippen LogP contribution < -0.4 is 5.32 Å². The first kappa shape index (κ1) is 15.7. The monoisotopic (exact) mass is 282 g/mol. The van der Waals surface area contributed by atoms with Gasteiger partial charge in [-0.2, -0.15) is 0 Å². The average molecular weight is 282 g/mol. The highest BCUT2D eigenvalue weighted by molar-refractivity contribution is 5.25. The van der Waals surface area contributed by atoms with Crippen molar-refractivity contribution < 1.29 is 0 Å². The second-order valence-corrected chi connectivity index (χ2v) is 6.23. The van der Waals surface area contributed by atoms with E-state index in [0.29, 0.717) is 11.8 Å². The van der Waals surface area contributed by atoms with Crippen molar-refractivity contribution >= 4 is 0 Å². The molecule has 112 valence electrons. The van der Waals surface area contributed by atoms with E-state index in [4.69, 9.17) is 0 Å². The fourth-order valence-corrected chi connectivity index (χ4v) is 2.59. The summed E-state index contributed by atoms with van der Waals surface area (Å²) in [6.45, 7) is 8.67. The van der Waals surface area contributed by atoms with E-state index in [9.17, 15) is 0 Å². The van der Waals surface area contributed by atoms with E-state index in [-0.39, 0.29) is 0 Å². The number of rotatable bonds is 7. The summed E-state index contributed by atoms with van der Waals surface area (Å²) in [5, 5.41) is 3.60. The standard InChI is InChI=1S/C19H26N2/c1-15(2)11-20-14-19(18-7-5-4-6-8-18)10-17-9-16(3)12-21-13-17/h4-9,12-13,15,19-20H,10-11,14H2,1-3H3. The quantitative estimate of drug-likeness (QED) is 0.831. The van der Waals surface area contributed by atoms with Gasteiger partial charge in [0.05, 0.1) is 0 Å². The lowest BCUT2D eigenvalue weighted by atomic mass is 9.92. The highest BCUT2D eigenvalue weighted by Gasteiger charge is 2.12. The van der Waals surface area contributed by atoms with Crippen LogP contribution in [0.15, 0.2) is 48.8 Å². The number of hydrogen-bond acceptors (Lipinski definition) is 2. The van der Waals surface area contributed by atoms with Gasteiger partial charge in [0.2, 0.25) is 0 Å². The maximum atomic E-state index is 4.32. The van der Waals surface area contributed by atoms with Crippen LogP contribution in [0.3, 0.4) is 0 Å². The number of aromatic nitrogens is 1. The van der Waals surface area contributed by atoms with Gasteiger partial charge in [-0.3, -0.25) is 4.98 Å². The molecule has 0 aliphatic rings. The van der Waals surface area contributed by atoms with Crippen LogP contribution in [-0.4, -0.2) is 18.1 Å². The molecule has 21 heavy (non-hydrogen) atoms. The Hall–Kier alpha value is -1.67. The lowest BCUT2D eigenvalue weighted by Crippen LogP contribution is -2.26. The Bertz CT molecular complexity index is 534. The molecule has 0 bridgehead atoms. The predicted molar refractivity (Wildman–Crippen MR) is 89.6 cm³/mol. The average Bonchev–Trinajstić information content (AvgIpc) is 2.47. The summed E-state index contributed by atoms with van der Waals surface area (Å²) < 4.78 is 0. The molecular weight excluding hydrogens is 256 g/mol. The van der Waals surface area contributed by atoms with E-state index < -0.39 is 0 Å². The Labute approximate surface area is 128 Å². The molecule has 2 nitrogen and oxygen atoms in total. The first-order valence-corrected chi connectivity index (χ1v) is 7.81. The molecule has 2 heteroatoms. The molecule has 1 heterocycles. The Kier molecular flexibility index (Phi) is 5.94. The molecular formula is C19H26N2. The minimum absolute atomic E-state index is 0.494. The molecule has 0 amide bonds. The number of nitrogens with one attached hydrogen (secondary N) is 1. The highest BCUT2D eigenvalue weighted by Crippen LogP contribution is 2.20. The topological polar surface area (TPSA) is 24.9 Å². The molecule has 0 saturated heterocycles. The smallest absolute Gasteiger partial charge is 0.0300 e. The van der Waals surface area contributed by atoms with Crippen LogP contribution in [0.5, 0.6) is 0 Å². The third-order valence-electron chi connectivity index (χ3n) is 3.63. The van der Waals surface area contributed by atoms with Gasteiger partial charge in [0, 0.05) is 24.9 Å². The second kappa shape index (κ2) is 7.94. The van der Waals surface area contributed by atoms with Gasteiger partial charge in [0.25, 0.3) is 0 Å². The van der Waals surface area contributed by atoms with E-state index in [1.165, 1.54) is 16.7 Å². The third kappa shape index (κ3) is 5.31. The van der Waals surface area contributed by atoms with Crippen LogP contribution in [0.1, 0.15) is 36.5 Å². The van der Waals surface area contributed by atoms with Crippen LogP contribution in [0.4, 0.5) is 0 Å². The maximum absolute atomic E-state index is 4.32. The van der Waals surface area contributed by atoms with E-state index >= 15 is 0 Å². The molecule has 0 fully saturated rings. The van der Waals surface area contributed by atoms with Gasteiger partial charge in [-0.1, -0.05) is 50.2 Å². The molecule has 1 aromatic carbocycles. The van der Waals surface area contributed by atoms with E-state index in [2.05, 4.69) is 67.5 Å². The largest absolute Gasteiger partial charge is 0.316 e. The van der Waals surface area contributed by atoms with Gasteiger partial charge >= 0.3 is 0 Å². The molecule has 0 saturated carbocycles. The summed E-state index contributed by atoms with van der Waals surface area (Å²) in [6, 6.07) is 13.0. The van der Waals surface area contributed by atoms with Gasteiger partial charge in [-0.05, 0) is 42.5 Å². The first-order valence-electron chi connectivity index (χ1n) is 7.81. The zero-order valence-corrected chi connectivity index (χ0v) is 13.3. The van der Waals surface area contributed by atoms with Crippen molar-refractivity contribution in [3.63, 3.8) is 0 Å². The summed E-state index contributed by atoms with van der Waals surface area (Å²) >= 11 is 0. The van der Waals surface area contributed by atoms with Gasteiger partial charge in [-0.15, -0.1) is 0 Å². The van der Waals surface area contributed by atoms with Crippen molar-refractivity contribution in [3.05, 3.63) is 65.5 Å².